The number of anilines is 1. The molecule has 0 saturated carbocycles. The number of nitrogens with zero attached hydrogens (tertiary/aromatic N) is 2. The molecule has 0 aromatic heterocycles. The van der Waals surface area contributed by atoms with Crippen LogP contribution in [0.1, 0.15) is 39.3 Å². The minimum absolute atomic E-state index is 0. The zero-order valence-corrected chi connectivity index (χ0v) is 26.1. The summed E-state index contributed by atoms with van der Waals surface area (Å²) in [7, 11) is 0. The van der Waals surface area contributed by atoms with Gasteiger partial charge in [0, 0.05) is 44.3 Å². The van der Waals surface area contributed by atoms with Crippen LogP contribution in [0.3, 0.4) is 0 Å². The molecular formula is C29H32BF3KN3O2. The summed E-state index contributed by atoms with van der Waals surface area (Å²) in [5, 5.41) is 0. The molecule has 0 atom stereocenters. The molecule has 1 saturated heterocycles. The van der Waals surface area contributed by atoms with E-state index in [1.54, 1.807) is 4.90 Å². The van der Waals surface area contributed by atoms with Gasteiger partial charge in [-0.15, -0.1) is 5.46 Å². The maximum atomic E-state index is 14.0. The molecule has 0 bridgehead atoms. The van der Waals surface area contributed by atoms with Gasteiger partial charge in [-0.3, -0.25) is 0 Å². The Balaban J connectivity index is 0.00000353. The predicted octanol–water partition coefficient (Wildman–Crippen LogP) is 2.20. The summed E-state index contributed by atoms with van der Waals surface area (Å²) >= 11 is 0. The van der Waals surface area contributed by atoms with Crippen LogP contribution in [0.2, 0.25) is 0 Å². The first-order valence-electron chi connectivity index (χ1n) is 13.0. The van der Waals surface area contributed by atoms with Gasteiger partial charge in [-0.05, 0) is 54.2 Å². The third-order valence-electron chi connectivity index (χ3n) is 8.15. The number of hydrogen-bond acceptors (Lipinski definition) is 4. The number of rotatable bonds is 5. The molecule has 39 heavy (non-hydrogen) atoms. The smallest absolute Gasteiger partial charge is 0.448 e. The average Bonchev–Trinajstić information content (AvgIpc) is 3.21. The fourth-order valence-electron chi connectivity index (χ4n) is 6.35. The van der Waals surface area contributed by atoms with Crippen molar-refractivity contribution in [2.45, 2.75) is 33.2 Å². The van der Waals surface area contributed by atoms with Gasteiger partial charge in [-0.25, -0.2) is 4.79 Å². The number of fused-ring (bicyclic) bond motifs is 3. The molecule has 0 unspecified atom stereocenters. The van der Waals surface area contributed by atoms with Gasteiger partial charge in [-0.2, -0.15) is 0 Å². The zero-order chi connectivity index (χ0) is 27.2. The van der Waals surface area contributed by atoms with Crippen molar-refractivity contribution in [3.8, 4) is 11.1 Å². The molecule has 1 heterocycles. The maximum absolute atomic E-state index is 14.0. The third kappa shape index (κ3) is 5.56. The van der Waals surface area contributed by atoms with Crippen molar-refractivity contribution in [1.29, 1.82) is 0 Å². The van der Waals surface area contributed by atoms with E-state index < -0.39 is 18.5 Å². The van der Waals surface area contributed by atoms with Crippen molar-refractivity contribution in [2.75, 3.05) is 37.7 Å². The van der Waals surface area contributed by atoms with Crippen LogP contribution in [0.15, 0.2) is 48.5 Å². The van der Waals surface area contributed by atoms with E-state index in [9.17, 15) is 17.7 Å². The minimum atomic E-state index is -5.18. The number of hydrogen-bond donors (Lipinski definition) is 1. The van der Waals surface area contributed by atoms with Gasteiger partial charge in [0.15, 0.2) is 0 Å². The average molecular weight is 561 g/mol. The Kier molecular flexibility index (Phi) is 9.25. The Bertz CT molecular complexity index is 1350. The Labute approximate surface area is 270 Å². The predicted molar refractivity (Wildman–Crippen MR) is 146 cm³/mol. The summed E-state index contributed by atoms with van der Waals surface area (Å²) in [5.41, 5.74) is 12.3. The molecule has 5 rings (SSSR count). The Morgan fingerprint density at radius 2 is 1.44 bits per heavy atom. The summed E-state index contributed by atoms with van der Waals surface area (Å²) in [6, 6.07) is 16.3. The van der Waals surface area contributed by atoms with E-state index in [-0.39, 0.29) is 81.6 Å². The van der Waals surface area contributed by atoms with E-state index in [1.165, 1.54) is 13.8 Å². The SMILES string of the molecule is Cc1c(CN)c(C)c([B-](F)(F)F)c(C)c1N1CCN(C(=O)OCC2c3ccccc3-c3ccccc32)CC1.[K+]. The van der Waals surface area contributed by atoms with Crippen molar-refractivity contribution in [3.63, 3.8) is 0 Å². The van der Waals surface area contributed by atoms with Gasteiger partial charge in [0.25, 0.3) is 0 Å². The minimum Gasteiger partial charge on any atom is -0.448 e. The molecule has 2 aliphatic rings. The van der Waals surface area contributed by atoms with E-state index in [2.05, 4.69) is 24.3 Å². The number of halogens is 3. The Hall–Kier alpha value is -1.82. The second-order valence-corrected chi connectivity index (χ2v) is 10.2. The fourth-order valence-corrected chi connectivity index (χ4v) is 6.35. The van der Waals surface area contributed by atoms with Crippen LogP contribution in [-0.4, -0.2) is 50.8 Å². The van der Waals surface area contributed by atoms with Crippen molar-refractivity contribution in [3.05, 3.63) is 81.9 Å². The number of piperazine rings is 1. The molecule has 10 heteroatoms. The fraction of sp³-hybridized carbons (Fsp3) is 0.345. The molecule has 3 aromatic carbocycles. The summed E-state index contributed by atoms with van der Waals surface area (Å²) in [6.45, 7) is 1.56. The molecule has 1 fully saturated rings. The number of ether oxygens (including phenoxy) is 1. The van der Waals surface area contributed by atoms with E-state index in [1.807, 2.05) is 36.1 Å². The van der Waals surface area contributed by atoms with Gasteiger partial charge >= 0.3 is 64.5 Å². The summed E-state index contributed by atoms with van der Waals surface area (Å²) in [6.07, 6.45) is -0.397. The topological polar surface area (TPSA) is 58.8 Å². The number of benzene rings is 3. The quantitative estimate of drug-likeness (QED) is 0.486. The van der Waals surface area contributed by atoms with Gasteiger partial charge in [0.05, 0.1) is 0 Å². The van der Waals surface area contributed by atoms with Crippen LogP contribution < -0.4 is 67.5 Å². The molecule has 1 aliphatic carbocycles. The van der Waals surface area contributed by atoms with Crippen molar-refractivity contribution >= 4 is 24.2 Å². The largest absolute Gasteiger partial charge is 1.00 e. The molecule has 2 N–H and O–H groups in total. The van der Waals surface area contributed by atoms with Gasteiger partial charge < -0.3 is 33.2 Å². The Morgan fingerprint density at radius 3 is 1.95 bits per heavy atom. The molecule has 3 aromatic rings. The standard InChI is InChI=1S/C29H32BF3N3O2.K/c1-18-25(16-34)19(2)28(20(3)27(18)30(31,32)33)35-12-14-36(15-13-35)29(37)38-17-26-23-10-6-4-8-21(23)22-9-5-7-11-24(22)26;/h4-11,26H,12-17,34H2,1-3H3;/q-1;+1. The van der Waals surface area contributed by atoms with Crippen LogP contribution in [0.5, 0.6) is 0 Å². The summed E-state index contributed by atoms with van der Waals surface area (Å²) < 4.78 is 47.8. The first-order valence-corrected chi connectivity index (χ1v) is 13.0. The number of carbonyl (C=O) groups excluding carboxylic acids is 1. The van der Waals surface area contributed by atoms with Crippen molar-refractivity contribution < 1.29 is 73.9 Å². The molecule has 0 radical (unpaired) electrons. The number of carbonyl (C=O) groups is 1. The summed E-state index contributed by atoms with van der Waals surface area (Å²) in [5.74, 6) is -0.0251. The van der Waals surface area contributed by atoms with Crippen LogP contribution >= 0.6 is 0 Å². The van der Waals surface area contributed by atoms with Crippen LogP contribution in [-0.2, 0) is 11.3 Å². The number of nitrogens with two attached hydrogens (primary N) is 1. The monoisotopic (exact) mass is 561 g/mol. The zero-order valence-electron chi connectivity index (χ0n) is 22.9. The van der Waals surface area contributed by atoms with Gasteiger partial charge in [0.1, 0.15) is 6.61 Å². The second kappa shape index (κ2) is 12.0. The summed E-state index contributed by atoms with van der Waals surface area (Å²) in [4.78, 5) is 16.6. The van der Waals surface area contributed by atoms with E-state index in [4.69, 9.17) is 10.5 Å². The van der Waals surface area contributed by atoms with Gasteiger partial charge in [0.2, 0.25) is 0 Å². The number of amides is 1. The van der Waals surface area contributed by atoms with E-state index in [0.29, 0.717) is 37.4 Å². The first-order chi connectivity index (χ1) is 18.1. The van der Waals surface area contributed by atoms with Crippen LogP contribution in [0.25, 0.3) is 11.1 Å². The molecule has 200 valence electrons. The normalized spacial score (nSPS) is 15.1. The van der Waals surface area contributed by atoms with Crippen LogP contribution in [0, 0.1) is 20.8 Å². The molecule has 1 amide bonds. The van der Waals surface area contributed by atoms with E-state index >= 15 is 0 Å². The van der Waals surface area contributed by atoms with Crippen LogP contribution in [0.4, 0.5) is 23.4 Å². The second-order valence-electron chi connectivity index (χ2n) is 10.2. The van der Waals surface area contributed by atoms with Gasteiger partial charge in [-0.1, -0.05) is 59.7 Å². The molecule has 1 aliphatic heterocycles. The third-order valence-corrected chi connectivity index (χ3v) is 8.15. The first kappa shape index (κ1) is 30.1. The maximum Gasteiger partial charge on any atom is 1.00 e. The molecule has 0 spiro atoms. The van der Waals surface area contributed by atoms with Crippen molar-refractivity contribution in [2.24, 2.45) is 5.73 Å². The molecular weight excluding hydrogens is 529 g/mol. The van der Waals surface area contributed by atoms with E-state index in [0.717, 1.165) is 27.8 Å². The Morgan fingerprint density at radius 1 is 0.897 bits per heavy atom. The molecule has 5 nitrogen and oxygen atoms in total. The van der Waals surface area contributed by atoms with Crippen molar-refractivity contribution in [1.82, 2.24) is 4.90 Å².